The lowest BCUT2D eigenvalue weighted by Crippen LogP contribution is -2.30. The van der Waals surface area contributed by atoms with Crippen LogP contribution in [0.1, 0.15) is 5.56 Å². The van der Waals surface area contributed by atoms with Crippen molar-refractivity contribution in [2.45, 2.75) is 11.4 Å². The summed E-state index contributed by atoms with van der Waals surface area (Å²) in [6.07, 6.45) is 3.30. The lowest BCUT2D eigenvalue weighted by molar-refractivity contribution is 0.251. The van der Waals surface area contributed by atoms with Crippen LogP contribution < -0.4 is 21.3 Å². The largest absolute Gasteiger partial charge is 0.334 e. The Morgan fingerprint density at radius 3 is 2.50 bits per heavy atom. The Hall–Kier alpha value is -2.49. The number of amides is 2. The monoisotopic (exact) mass is 321 g/mol. The van der Waals surface area contributed by atoms with Gasteiger partial charge < -0.3 is 10.6 Å². The zero-order chi connectivity index (χ0) is 16.0. The summed E-state index contributed by atoms with van der Waals surface area (Å²) in [5, 5.41) is 5.25. The topological polar surface area (TPSA) is 126 Å². The molecule has 0 bridgehead atoms. The number of hydrogen-bond donors (Lipinski definition) is 4. The van der Waals surface area contributed by atoms with Gasteiger partial charge in [0.2, 0.25) is 0 Å². The van der Waals surface area contributed by atoms with E-state index in [-0.39, 0.29) is 4.90 Å². The van der Waals surface area contributed by atoms with Crippen molar-refractivity contribution < 1.29 is 13.2 Å². The predicted octanol–water partition coefficient (Wildman–Crippen LogP) is 0.555. The fraction of sp³-hybridized carbons (Fsp3) is 0.0769. The van der Waals surface area contributed by atoms with Gasteiger partial charge in [0.05, 0.1) is 4.90 Å². The van der Waals surface area contributed by atoms with E-state index in [2.05, 4.69) is 15.6 Å². The van der Waals surface area contributed by atoms with E-state index in [1.165, 1.54) is 24.3 Å². The molecule has 0 radical (unpaired) electrons. The van der Waals surface area contributed by atoms with Gasteiger partial charge >= 0.3 is 6.03 Å². The standard InChI is InChI=1S/C13H15N5O3S/c14-18-22(20,21)12-5-3-11(4-6-12)17-13(19)16-9-10-2-1-7-15-8-10/h1-8,18H,9,14H2,(H2,16,17,19). The summed E-state index contributed by atoms with van der Waals surface area (Å²) in [4.78, 5) is 17.4. The highest BCUT2D eigenvalue weighted by Crippen LogP contribution is 2.13. The van der Waals surface area contributed by atoms with E-state index in [0.717, 1.165) is 5.56 Å². The van der Waals surface area contributed by atoms with Gasteiger partial charge in [0.15, 0.2) is 0 Å². The van der Waals surface area contributed by atoms with Crippen LogP contribution >= 0.6 is 0 Å². The quantitative estimate of drug-likeness (QED) is 0.473. The van der Waals surface area contributed by atoms with Crippen LogP contribution in [0.3, 0.4) is 0 Å². The molecule has 0 fully saturated rings. The van der Waals surface area contributed by atoms with Crippen LogP contribution in [0.2, 0.25) is 0 Å². The molecule has 2 rings (SSSR count). The van der Waals surface area contributed by atoms with Gasteiger partial charge in [-0.1, -0.05) is 6.07 Å². The molecule has 0 aliphatic rings. The number of sulfonamides is 1. The smallest absolute Gasteiger partial charge is 0.319 e. The molecule has 0 aliphatic heterocycles. The summed E-state index contributed by atoms with van der Waals surface area (Å²) < 4.78 is 22.9. The first kappa shape index (κ1) is 15.9. The Bertz CT molecular complexity index is 732. The molecule has 8 nitrogen and oxygen atoms in total. The van der Waals surface area contributed by atoms with E-state index in [0.29, 0.717) is 12.2 Å². The second-order valence-electron chi connectivity index (χ2n) is 4.31. The summed E-state index contributed by atoms with van der Waals surface area (Å²) in [6, 6.07) is 8.82. The van der Waals surface area contributed by atoms with Crippen molar-refractivity contribution in [3.63, 3.8) is 0 Å². The highest BCUT2D eigenvalue weighted by Gasteiger charge is 2.11. The van der Waals surface area contributed by atoms with Crippen LogP contribution in [0.5, 0.6) is 0 Å². The number of nitrogens with zero attached hydrogens (tertiary/aromatic N) is 1. The van der Waals surface area contributed by atoms with Gasteiger partial charge in [0, 0.05) is 24.6 Å². The number of urea groups is 1. The van der Waals surface area contributed by atoms with Gasteiger partial charge in [-0.3, -0.25) is 10.8 Å². The highest BCUT2D eigenvalue weighted by atomic mass is 32.2. The molecule has 1 heterocycles. The third kappa shape index (κ3) is 4.25. The molecule has 1 aromatic heterocycles. The van der Waals surface area contributed by atoms with Gasteiger partial charge in [0.1, 0.15) is 0 Å². The van der Waals surface area contributed by atoms with Crippen molar-refractivity contribution in [3.05, 3.63) is 54.4 Å². The number of nitrogens with one attached hydrogen (secondary N) is 3. The van der Waals surface area contributed by atoms with Crippen molar-refractivity contribution in [1.29, 1.82) is 0 Å². The number of pyridine rings is 1. The molecule has 5 N–H and O–H groups in total. The zero-order valence-electron chi connectivity index (χ0n) is 11.5. The first-order valence-electron chi connectivity index (χ1n) is 6.27. The lowest BCUT2D eigenvalue weighted by Gasteiger charge is -2.08. The average Bonchev–Trinajstić information content (AvgIpc) is 2.54. The fourth-order valence-electron chi connectivity index (χ4n) is 1.65. The summed E-state index contributed by atoms with van der Waals surface area (Å²) in [5.41, 5.74) is 1.33. The second-order valence-corrected chi connectivity index (χ2v) is 6.03. The second kappa shape index (κ2) is 6.98. The van der Waals surface area contributed by atoms with Gasteiger partial charge in [-0.15, -0.1) is 0 Å². The van der Waals surface area contributed by atoms with E-state index >= 15 is 0 Å². The minimum Gasteiger partial charge on any atom is -0.334 e. The van der Waals surface area contributed by atoms with Crippen LogP contribution in [0.15, 0.2) is 53.7 Å². The van der Waals surface area contributed by atoms with E-state index in [1.54, 1.807) is 23.3 Å². The molecule has 0 saturated heterocycles. The molecule has 2 amide bonds. The van der Waals surface area contributed by atoms with Gasteiger partial charge in [-0.25, -0.2) is 13.2 Å². The highest BCUT2D eigenvalue weighted by molar-refractivity contribution is 7.89. The summed E-state index contributed by atoms with van der Waals surface area (Å²) in [6.45, 7) is 0.337. The molecule has 116 valence electrons. The third-order valence-electron chi connectivity index (χ3n) is 2.75. The first-order chi connectivity index (χ1) is 10.5. The van der Waals surface area contributed by atoms with Crippen LogP contribution in [-0.4, -0.2) is 19.4 Å². The molecule has 22 heavy (non-hydrogen) atoms. The zero-order valence-corrected chi connectivity index (χ0v) is 12.3. The van der Waals surface area contributed by atoms with E-state index in [1.807, 2.05) is 6.07 Å². The molecule has 1 aromatic carbocycles. The normalized spacial score (nSPS) is 11.0. The SMILES string of the molecule is NNS(=O)(=O)c1ccc(NC(=O)NCc2cccnc2)cc1. The number of carbonyl (C=O) groups excluding carboxylic acids is 1. The summed E-state index contributed by atoms with van der Waals surface area (Å²) >= 11 is 0. The number of hydrazine groups is 1. The Morgan fingerprint density at radius 1 is 1.18 bits per heavy atom. The Balaban J connectivity index is 1.92. The van der Waals surface area contributed by atoms with Gasteiger partial charge in [-0.2, -0.15) is 4.83 Å². The average molecular weight is 321 g/mol. The number of carbonyl (C=O) groups is 1. The van der Waals surface area contributed by atoms with Crippen molar-refractivity contribution in [2.75, 3.05) is 5.32 Å². The molecule has 2 aromatic rings. The molecular weight excluding hydrogens is 306 g/mol. The maximum Gasteiger partial charge on any atom is 0.319 e. The molecule has 0 unspecified atom stereocenters. The molecule has 0 atom stereocenters. The van der Waals surface area contributed by atoms with Crippen LogP contribution in [0, 0.1) is 0 Å². The van der Waals surface area contributed by atoms with Crippen molar-refractivity contribution in [1.82, 2.24) is 15.1 Å². The number of anilines is 1. The third-order valence-corrected chi connectivity index (χ3v) is 3.96. The predicted molar refractivity (Wildman–Crippen MR) is 81.0 cm³/mol. The van der Waals surface area contributed by atoms with Gasteiger partial charge in [-0.05, 0) is 35.9 Å². The minimum atomic E-state index is -3.70. The van der Waals surface area contributed by atoms with Crippen molar-refractivity contribution in [3.8, 4) is 0 Å². The number of benzene rings is 1. The maximum atomic E-state index is 11.7. The molecule has 0 spiro atoms. The number of hydrogen-bond acceptors (Lipinski definition) is 5. The van der Waals surface area contributed by atoms with E-state index in [9.17, 15) is 13.2 Å². The summed E-state index contributed by atoms with van der Waals surface area (Å²) in [5.74, 6) is 4.93. The number of rotatable bonds is 5. The van der Waals surface area contributed by atoms with Gasteiger partial charge in [0.25, 0.3) is 10.0 Å². The maximum absolute atomic E-state index is 11.7. The molecule has 0 saturated carbocycles. The Morgan fingerprint density at radius 2 is 1.91 bits per heavy atom. The molecule has 0 aliphatic carbocycles. The Labute approximate surface area is 127 Å². The van der Waals surface area contributed by atoms with Crippen LogP contribution in [0.4, 0.5) is 10.5 Å². The molecular formula is C13H15N5O3S. The fourth-order valence-corrected chi connectivity index (χ4v) is 2.28. The first-order valence-corrected chi connectivity index (χ1v) is 7.76. The minimum absolute atomic E-state index is 0.0105. The molecule has 9 heteroatoms. The van der Waals surface area contributed by atoms with Crippen molar-refractivity contribution >= 4 is 21.7 Å². The lowest BCUT2D eigenvalue weighted by atomic mass is 10.3. The Kier molecular flexibility index (Phi) is 5.04. The summed E-state index contributed by atoms with van der Waals surface area (Å²) in [7, 11) is -3.70. The van der Waals surface area contributed by atoms with Crippen molar-refractivity contribution in [2.24, 2.45) is 5.84 Å². The van der Waals surface area contributed by atoms with E-state index in [4.69, 9.17) is 5.84 Å². The van der Waals surface area contributed by atoms with Crippen LogP contribution in [0.25, 0.3) is 0 Å². The van der Waals surface area contributed by atoms with Crippen LogP contribution in [-0.2, 0) is 16.6 Å². The number of aromatic nitrogens is 1. The van der Waals surface area contributed by atoms with E-state index < -0.39 is 16.1 Å². The number of nitrogens with two attached hydrogens (primary N) is 1.